The summed E-state index contributed by atoms with van der Waals surface area (Å²) in [7, 11) is 0. The molecule has 3 nitrogen and oxygen atoms in total. The second kappa shape index (κ2) is 4.88. The summed E-state index contributed by atoms with van der Waals surface area (Å²) >= 11 is 0. The van der Waals surface area contributed by atoms with E-state index in [0.29, 0.717) is 6.42 Å². The summed E-state index contributed by atoms with van der Waals surface area (Å²) in [6.07, 6.45) is 3.63. The largest absolute Gasteiger partial charge is 0.347 e. The van der Waals surface area contributed by atoms with E-state index >= 15 is 0 Å². The Morgan fingerprint density at radius 1 is 1.41 bits per heavy atom. The zero-order chi connectivity index (χ0) is 12.3. The number of carbonyl (C=O) groups excluding carboxylic acids is 1. The van der Waals surface area contributed by atoms with E-state index in [1.807, 2.05) is 25.1 Å². The van der Waals surface area contributed by atoms with Crippen LogP contribution in [0.3, 0.4) is 0 Å². The zero-order valence-corrected chi connectivity index (χ0v) is 10.3. The van der Waals surface area contributed by atoms with E-state index in [0.717, 1.165) is 12.8 Å². The molecule has 3 heteroatoms. The first-order valence-electron chi connectivity index (χ1n) is 6.24. The van der Waals surface area contributed by atoms with Gasteiger partial charge in [0, 0.05) is 12.5 Å². The molecular formula is C14H20N2O. The van der Waals surface area contributed by atoms with Crippen molar-refractivity contribution in [2.45, 2.75) is 44.2 Å². The lowest BCUT2D eigenvalue weighted by Gasteiger charge is -2.43. The molecule has 1 atom stereocenters. The number of carbonyl (C=O) groups is 1. The second-order valence-electron chi connectivity index (χ2n) is 5.03. The van der Waals surface area contributed by atoms with Crippen molar-refractivity contribution >= 4 is 5.91 Å². The molecule has 1 aliphatic rings. The van der Waals surface area contributed by atoms with Gasteiger partial charge in [-0.25, -0.2) is 0 Å². The number of nitrogens with one attached hydrogen (secondary N) is 1. The quantitative estimate of drug-likeness (QED) is 0.833. The molecule has 92 valence electrons. The normalized spacial score (nSPS) is 19.2. The first-order valence-corrected chi connectivity index (χ1v) is 6.24. The van der Waals surface area contributed by atoms with E-state index in [1.165, 1.54) is 12.0 Å². The van der Waals surface area contributed by atoms with Gasteiger partial charge >= 0.3 is 0 Å². The van der Waals surface area contributed by atoms with Crippen LogP contribution in [0.2, 0.25) is 0 Å². The monoisotopic (exact) mass is 232 g/mol. The molecule has 0 saturated heterocycles. The molecule has 0 bridgehead atoms. The molecule has 2 rings (SSSR count). The minimum absolute atomic E-state index is 0.0588. The van der Waals surface area contributed by atoms with E-state index in [-0.39, 0.29) is 17.5 Å². The lowest BCUT2D eigenvalue weighted by molar-refractivity contribution is -0.124. The van der Waals surface area contributed by atoms with E-state index in [2.05, 4.69) is 17.4 Å². The predicted octanol–water partition coefficient (Wildman–Crippen LogP) is 1.92. The Labute approximate surface area is 102 Å². The SMILES string of the molecule is CC(N)CC(=O)NC1(c2ccccc2)CCC1. The van der Waals surface area contributed by atoms with Gasteiger partial charge in [-0.05, 0) is 31.7 Å². The molecule has 0 spiro atoms. The van der Waals surface area contributed by atoms with E-state index in [4.69, 9.17) is 5.73 Å². The van der Waals surface area contributed by atoms with Crippen LogP contribution in [0.5, 0.6) is 0 Å². The maximum Gasteiger partial charge on any atom is 0.222 e. The van der Waals surface area contributed by atoms with Crippen LogP contribution in [-0.4, -0.2) is 11.9 Å². The Morgan fingerprint density at radius 2 is 2.06 bits per heavy atom. The third-order valence-corrected chi connectivity index (χ3v) is 3.42. The predicted molar refractivity (Wildman–Crippen MR) is 68.4 cm³/mol. The van der Waals surface area contributed by atoms with Gasteiger partial charge in [0.25, 0.3) is 0 Å². The summed E-state index contributed by atoms with van der Waals surface area (Å²) in [6, 6.07) is 10.1. The maximum absolute atomic E-state index is 11.8. The van der Waals surface area contributed by atoms with Gasteiger partial charge in [-0.2, -0.15) is 0 Å². The molecule has 17 heavy (non-hydrogen) atoms. The zero-order valence-electron chi connectivity index (χ0n) is 10.3. The Bertz CT molecular complexity index is 382. The van der Waals surface area contributed by atoms with Crippen LogP contribution in [0.4, 0.5) is 0 Å². The van der Waals surface area contributed by atoms with Crippen molar-refractivity contribution in [1.82, 2.24) is 5.32 Å². The summed E-state index contributed by atoms with van der Waals surface area (Å²) in [6.45, 7) is 1.86. The summed E-state index contributed by atoms with van der Waals surface area (Å²) in [5.74, 6) is 0.0588. The van der Waals surface area contributed by atoms with Crippen molar-refractivity contribution in [3.8, 4) is 0 Å². The fraction of sp³-hybridized carbons (Fsp3) is 0.500. The summed E-state index contributed by atoms with van der Waals surface area (Å²) < 4.78 is 0. The third-order valence-electron chi connectivity index (χ3n) is 3.42. The number of benzene rings is 1. The molecule has 1 aliphatic carbocycles. The molecule has 3 N–H and O–H groups in total. The Hall–Kier alpha value is -1.35. The van der Waals surface area contributed by atoms with Crippen molar-refractivity contribution in [1.29, 1.82) is 0 Å². The summed E-state index contributed by atoms with van der Waals surface area (Å²) in [5, 5.41) is 3.16. The topological polar surface area (TPSA) is 55.1 Å². The highest BCUT2D eigenvalue weighted by Crippen LogP contribution is 2.41. The first-order chi connectivity index (χ1) is 8.12. The molecular weight excluding hydrogens is 212 g/mol. The molecule has 1 saturated carbocycles. The van der Waals surface area contributed by atoms with Crippen LogP contribution < -0.4 is 11.1 Å². The van der Waals surface area contributed by atoms with Crippen molar-refractivity contribution < 1.29 is 4.79 Å². The van der Waals surface area contributed by atoms with E-state index in [1.54, 1.807) is 0 Å². The molecule has 0 heterocycles. The Balaban J connectivity index is 2.08. The standard InChI is InChI=1S/C14H20N2O/c1-11(15)10-13(17)16-14(8-5-9-14)12-6-3-2-4-7-12/h2-4,6-7,11H,5,8-10,15H2,1H3,(H,16,17). The van der Waals surface area contributed by atoms with Crippen molar-refractivity contribution in [2.24, 2.45) is 5.73 Å². The second-order valence-corrected chi connectivity index (χ2v) is 5.03. The highest BCUT2D eigenvalue weighted by molar-refractivity contribution is 5.77. The number of amides is 1. The van der Waals surface area contributed by atoms with Crippen molar-refractivity contribution in [2.75, 3.05) is 0 Å². The minimum atomic E-state index is -0.132. The van der Waals surface area contributed by atoms with Gasteiger partial charge < -0.3 is 11.1 Å². The Morgan fingerprint density at radius 3 is 2.53 bits per heavy atom. The molecule has 1 aromatic carbocycles. The first kappa shape index (κ1) is 12.1. The van der Waals surface area contributed by atoms with Crippen LogP contribution in [-0.2, 0) is 10.3 Å². The lowest BCUT2D eigenvalue weighted by atomic mass is 9.71. The molecule has 0 radical (unpaired) electrons. The maximum atomic E-state index is 11.8. The van der Waals surface area contributed by atoms with E-state index < -0.39 is 0 Å². The summed E-state index contributed by atoms with van der Waals surface area (Å²) in [4.78, 5) is 11.8. The number of nitrogens with two attached hydrogens (primary N) is 1. The van der Waals surface area contributed by atoms with Gasteiger partial charge in [-0.1, -0.05) is 30.3 Å². The van der Waals surface area contributed by atoms with Crippen LogP contribution in [0.25, 0.3) is 0 Å². The van der Waals surface area contributed by atoms with Gasteiger partial charge in [-0.3, -0.25) is 4.79 Å². The van der Waals surface area contributed by atoms with Crippen LogP contribution >= 0.6 is 0 Å². The van der Waals surface area contributed by atoms with Gasteiger partial charge in [0.05, 0.1) is 5.54 Å². The molecule has 1 unspecified atom stereocenters. The molecule has 1 fully saturated rings. The number of hydrogen-bond acceptors (Lipinski definition) is 2. The van der Waals surface area contributed by atoms with Crippen LogP contribution in [0.1, 0.15) is 38.2 Å². The molecule has 1 amide bonds. The number of hydrogen-bond donors (Lipinski definition) is 2. The van der Waals surface area contributed by atoms with Gasteiger partial charge in [0.2, 0.25) is 5.91 Å². The number of rotatable bonds is 4. The fourth-order valence-electron chi connectivity index (χ4n) is 2.38. The lowest BCUT2D eigenvalue weighted by Crippen LogP contribution is -2.51. The van der Waals surface area contributed by atoms with E-state index in [9.17, 15) is 4.79 Å². The highest BCUT2D eigenvalue weighted by atomic mass is 16.1. The summed E-state index contributed by atoms with van der Waals surface area (Å²) in [5.41, 5.74) is 6.73. The average molecular weight is 232 g/mol. The van der Waals surface area contributed by atoms with Crippen LogP contribution in [0, 0.1) is 0 Å². The average Bonchev–Trinajstić information content (AvgIpc) is 2.24. The smallest absolute Gasteiger partial charge is 0.222 e. The molecule has 0 aliphatic heterocycles. The fourth-order valence-corrected chi connectivity index (χ4v) is 2.38. The van der Waals surface area contributed by atoms with Crippen molar-refractivity contribution in [3.05, 3.63) is 35.9 Å². The third kappa shape index (κ3) is 2.67. The highest BCUT2D eigenvalue weighted by Gasteiger charge is 2.39. The van der Waals surface area contributed by atoms with Crippen LogP contribution in [0.15, 0.2) is 30.3 Å². The molecule has 1 aromatic rings. The van der Waals surface area contributed by atoms with Gasteiger partial charge in [0.15, 0.2) is 0 Å². The van der Waals surface area contributed by atoms with Crippen molar-refractivity contribution in [3.63, 3.8) is 0 Å². The minimum Gasteiger partial charge on any atom is -0.347 e. The van der Waals surface area contributed by atoms with Gasteiger partial charge in [0.1, 0.15) is 0 Å². The molecule has 0 aromatic heterocycles. The Kier molecular flexibility index (Phi) is 3.48. The van der Waals surface area contributed by atoms with Gasteiger partial charge in [-0.15, -0.1) is 0 Å².